The summed E-state index contributed by atoms with van der Waals surface area (Å²) < 4.78 is 13.3. The maximum absolute atomic E-state index is 13.3. The highest BCUT2D eigenvalue weighted by molar-refractivity contribution is 7.08. The van der Waals surface area contributed by atoms with E-state index in [1.165, 1.54) is 0 Å². The van der Waals surface area contributed by atoms with Gasteiger partial charge in [0.25, 0.3) is 5.91 Å². The van der Waals surface area contributed by atoms with Crippen molar-refractivity contribution in [1.29, 1.82) is 0 Å². The summed E-state index contributed by atoms with van der Waals surface area (Å²) in [4.78, 5) is 18.0. The van der Waals surface area contributed by atoms with Crippen molar-refractivity contribution in [3.05, 3.63) is 51.2 Å². The van der Waals surface area contributed by atoms with E-state index in [2.05, 4.69) is 4.98 Å². The van der Waals surface area contributed by atoms with Gasteiger partial charge >= 0.3 is 0 Å². The molecule has 1 aliphatic rings. The first-order valence-electron chi connectivity index (χ1n) is 6.31. The molecule has 1 amide bonds. The molecule has 1 unspecified atom stereocenters. The van der Waals surface area contributed by atoms with Crippen LogP contribution in [0.2, 0.25) is 5.15 Å². The highest BCUT2D eigenvalue weighted by Gasteiger charge is 2.32. The molecule has 0 aliphatic carbocycles. The number of aromatic nitrogens is 1. The Hall–Kier alpha value is -1.46. The molecule has 0 spiro atoms. The lowest BCUT2D eigenvalue weighted by atomic mass is 10.1. The van der Waals surface area contributed by atoms with Crippen LogP contribution in [0.25, 0.3) is 0 Å². The Morgan fingerprint density at radius 2 is 2.40 bits per heavy atom. The molecule has 0 radical (unpaired) electrons. The van der Waals surface area contributed by atoms with Gasteiger partial charge in [-0.1, -0.05) is 11.6 Å². The number of carbonyl (C=O) groups excluding carboxylic acids is 1. The number of carbonyl (C=O) groups is 1. The van der Waals surface area contributed by atoms with Gasteiger partial charge in [-0.25, -0.2) is 9.37 Å². The highest BCUT2D eigenvalue weighted by Crippen LogP contribution is 2.34. The topological polar surface area (TPSA) is 33.2 Å². The molecule has 2 aromatic rings. The fraction of sp³-hybridized carbons (Fsp3) is 0.286. The van der Waals surface area contributed by atoms with Crippen LogP contribution in [0.1, 0.15) is 34.8 Å². The number of hydrogen-bond acceptors (Lipinski definition) is 3. The Kier molecular flexibility index (Phi) is 3.72. The van der Waals surface area contributed by atoms with Crippen molar-refractivity contribution in [2.75, 3.05) is 6.54 Å². The molecular formula is C14H12ClFN2OS. The maximum atomic E-state index is 13.3. The molecule has 0 bridgehead atoms. The smallest absolute Gasteiger partial charge is 0.257 e. The lowest BCUT2D eigenvalue weighted by molar-refractivity contribution is 0.0735. The zero-order chi connectivity index (χ0) is 14.1. The number of pyridine rings is 1. The molecule has 2 aromatic heterocycles. The lowest BCUT2D eigenvalue weighted by Gasteiger charge is -2.24. The summed E-state index contributed by atoms with van der Waals surface area (Å²) in [6.45, 7) is 0.659. The molecule has 3 heterocycles. The van der Waals surface area contributed by atoms with Gasteiger partial charge in [-0.2, -0.15) is 11.3 Å². The van der Waals surface area contributed by atoms with Crippen molar-refractivity contribution in [3.63, 3.8) is 0 Å². The molecule has 0 aromatic carbocycles. The molecule has 104 valence electrons. The zero-order valence-corrected chi connectivity index (χ0v) is 12.1. The highest BCUT2D eigenvalue weighted by atomic mass is 35.5. The number of hydrogen-bond donors (Lipinski definition) is 0. The number of likely N-dealkylation sites (tertiary alicyclic amines) is 1. The molecule has 1 saturated heterocycles. The van der Waals surface area contributed by atoms with Crippen molar-refractivity contribution in [2.24, 2.45) is 0 Å². The average Bonchev–Trinajstić information content (AvgIpc) is 3.10. The van der Waals surface area contributed by atoms with E-state index in [1.54, 1.807) is 16.2 Å². The van der Waals surface area contributed by atoms with Crippen LogP contribution in [-0.4, -0.2) is 22.3 Å². The summed E-state index contributed by atoms with van der Waals surface area (Å²) in [5.41, 5.74) is 1.26. The number of nitrogens with zero attached hydrogens (tertiary/aromatic N) is 2. The van der Waals surface area contributed by atoms with E-state index in [0.717, 1.165) is 30.7 Å². The van der Waals surface area contributed by atoms with Crippen LogP contribution in [0.15, 0.2) is 29.1 Å². The van der Waals surface area contributed by atoms with Gasteiger partial charge in [0.1, 0.15) is 11.0 Å². The molecule has 1 atom stereocenters. The minimum Gasteiger partial charge on any atom is -0.331 e. The Bertz CT molecular complexity index is 632. The van der Waals surface area contributed by atoms with Crippen molar-refractivity contribution >= 4 is 28.8 Å². The summed E-state index contributed by atoms with van der Waals surface area (Å²) >= 11 is 7.52. The van der Waals surface area contributed by atoms with E-state index < -0.39 is 5.82 Å². The Labute approximate surface area is 125 Å². The second-order valence-electron chi connectivity index (χ2n) is 4.71. The monoisotopic (exact) mass is 310 g/mol. The van der Waals surface area contributed by atoms with E-state index in [1.807, 2.05) is 16.8 Å². The van der Waals surface area contributed by atoms with Crippen LogP contribution in [0.3, 0.4) is 0 Å². The van der Waals surface area contributed by atoms with Gasteiger partial charge in [-0.3, -0.25) is 4.79 Å². The predicted molar refractivity (Wildman–Crippen MR) is 76.5 cm³/mol. The molecule has 3 rings (SSSR count). The molecule has 0 saturated carbocycles. The molecule has 3 nitrogen and oxygen atoms in total. The van der Waals surface area contributed by atoms with Crippen molar-refractivity contribution in [3.8, 4) is 0 Å². The van der Waals surface area contributed by atoms with Crippen molar-refractivity contribution < 1.29 is 9.18 Å². The van der Waals surface area contributed by atoms with Gasteiger partial charge in [0.05, 0.1) is 17.8 Å². The van der Waals surface area contributed by atoms with Gasteiger partial charge in [0.15, 0.2) is 0 Å². The largest absolute Gasteiger partial charge is 0.331 e. The van der Waals surface area contributed by atoms with E-state index in [9.17, 15) is 9.18 Å². The molecular weight excluding hydrogens is 299 g/mol. The first kappa shape index (κ1) is 13.5. The third-order valence-electron chi connectivity index (χ3n) is 3.48. The normalized spacial score (nSPS) is 18.5. The second kappa shape index (κ2) is 5.50. The number of rotatable bonds is 2. The maximum Gasteiger partial charge on any atom is 0.257 e. The number of amides is 1. The summed E-state index contributed by atoms with van der Waals surface area (Å²) in [7, 11) is 0. The third-order valence-corrected chi connectivity index (χ3v) is 4.48. The quantitative estimate of drug-likeness (QED) is 0.788. The summed E-state index contributed by atoms with van der Waals surface area (Å²) in [6, 6.07) is 3.22. The number of halogens is 2. The van der Waals surface area contributed by atoms with Gasteiger partial charge < -0.3 is 4.90 Å². The van der Waals surface area contributed by atoms with E-state index in [0.29, 0.717) is 6.54 Å². The molecule has 20 heavy (non-hydrogen) atoms. The van der Waals surface area contributed by atoms with Crippen LogP contribution in [0.4, 0.5) is 4.39 Å². The van der Waals surface area contributed by atoms with E-state index >= 15 is 0 Å². The SMILES string of the molecule is O=C(c1cc(F)cnc1Cl)N1CCCC1c1ccsc1. The minimum absolute atomic E-state index is 0.0485. The molecule has 1 aliphatic heterocycles. The minimum atomic E-state index is -0.552. The van der Waals surface area contributed by atoms with E-state index in [4.69, 9.17) is 11.6 Å². The third kappa shape index (κ3) is 2.43. The standard InChI is InChI=1S/C14H12ClFN2OS/c15-13-11(6-10(16)7-17-13)14(19)18-4-1-2-12(18)9-3-5-20-8-9/h3,5-8,12H,1-2,4H2. The van der Waals surface area contributed by atoms with Crippen LogP contribution < -0.4 is 0 Å². The molecule has 0 N–H and O–H groups in total. The predicted octanol–water partition coefficient (Wildman–Crippen LogP) is 3.91. The van der Waals surface area contributed by atoms with Gasteiger partial charge in [-0.05, 0) is 41.3 Å². The Balaban J connectivity index is 1.91. The van der Waals surface area contributed by atoms with Crippen molar-refractivity contribution in [2.45, 2.75) is 18.9 Å². The first-order valence-corrected chi connectivity index (χ1v) is 7.63. The number of thiophene rings is 1. The summed E-state index contributed by atoms with van der Waals surface area (Å²) in [5.74, 6) is -0.806. The van der Waals surface area contributed by atoms with Crippen molar-refractivity contribution in [1.82, 2.24) is 9.88 Å². The van der Waals surface area contributed by atoms with Crippen LogP contribution in [-0.2, 0) is 0 Å². The Morgan fingerprint density at radius 1 is 1.55 bits per heavy atom. The van der Waals surface area contributed by atoms with Crippen LogP contribution in [0, 0.1) is 5.82 Å². The Morgan fingerprint density at radius 3 is 3.15 bits per heavy atom. The summed E-state index contributed by atoms with van der Waals surface area (Å²) in [5, 5.41) is 4.08. The van der Waals surface area contributed by atoms with E-state index in [-0.39, 0.29) is 22.7 Å². The van der Waals surface area contributed by atoms with Crippen LogP contribution >= 0.6 is 22.9 Å². The molecule has 1 fully saturated rings. The fourth-order valence-electron chi connectivity index (χ4n) is 2.55. The van der Waals surface area contributed by atoms with Gasteiger partial charge in [0, 0.05) is 6.54 Å². The second-order valence-corrected chi connectivity index (χ2v) is 5.84. The van der Waals surface area contributed by atoms with Gasteiger partial charge in [-0.15, -0.1) is 0 Å². The average molecular weight is 311 g/mol. The fourth-order valence-corrected chi connectivity index (χ4v) is 3.44. The van der Waals surface area contributed by atoms with Gasteiger partial charge in [0.2, 0.25) is 0 Å². The molecule has 6 heteroatoms. The first-order chi connectivity index (χ1) is 9.66. The zero-order valence-electron chi connectivity index (χ0n) is 10.6. The van der Waals surface area contributed by atoms with Crippen LogP contribution in [0.5, 0.6) is 0 Å². The lowest BCUT2D eigenvalue weighted by Crippen LogP contribution is -2.30. The summed E-state index contributed by atoms with van der Waals surface area (Å²) in [6.07, 6.45) is 2.87.